The van der Waals surface area contributed by atoms with E-state index in [-0.39, 0.29) is 18.2 Å². The van der Waals surface area contributed by atoms with Crippen LogP contribution in [0.1, 0.15) is 17.5 Å². The Bertz CT molecular complexity index is 889. The van der Waals surface area contributed by atoms with Gasteiger partial charge in [0.2, 0.25) is 11.8 Å². The van der Waals surface area contributed by atoms with Gasteiger partial charge < -0.3 is 10.6 Å². The predicted molar refractivity (Wildman–Crippen MR) is 104 cm³/mol. The van der Waals surface area contributed by atoms with Crippen LogP contribution in [0.15, 0.2) is 60.0 Å². The smallest absolute Gasteiger partial charge is 0.227 e. The fourth-order valence-corrected chi connectivity index (χ4v) is 3.25. The fraction of sp³-hybridized carbons (Fsp3) is 0.150. The van der Waals surface area contributed by atoms with Crippen LogP contribution < -0.4 is 10.6 Å². The number of carbonyl (C=O) groups is 2. The summed E-state index contributed by atoms with van der Waals surface area (Å²) >= 11 is 1.47. The van der Waals surface area contributed by atoms with E-state index < -0.39 is 0 Å². The quantitative estimate of drug-likeness (QED) is 0.701. The number of carbonyl (C=O) groups excluding carboxylic acids is 2. The van der Waals surface area contributed by atoms with Gasteiger partial charge in [0, 0.05) is 30.1 Å². The van der Waals surface area contributed by atoms with Gasteiger partial charge in [-0.2, -0.15) is 0 Å². The molecule has 132 valence electrons. The van der Waals surface area contributed by atoms with Crippen molar-refractivity contribution in [3.63, 3.8) is 0 Å². The van der Waals surface area contributed by atoms with Gasteiger partial charge >= 0.3 is 0 Å². The lowest BCUT2D eigenvalue weighted by molar-refractivity contribution is -0.120. The summed E-state index contributed by atoms with van der Waals surface area (Å²) in [6.07, 6.45) is 0.265. The number of thiazole rings is 1. The van der Waals surface area contributed by atoms with Crippen molar-refractivity contribution in [3.05, 3.63) is 70.5 Å². The molecule has 0 aliphatic carbocycles. The average Bonchev–Trinajstić information content (AvgIpc) is 3.09. The Kier molecular flexibility index (Phi) is 5.76. The average molecular weight is 365 g/mol. The highest BCUT2D eigenvalue weighted by Gasteiger charge is 2.09. The number of hydrogen-bond acceptors (Lipinski definition) is 4. The van der Waals surface area contributed by atoms with Crippen molar-refractivity contribution in [3.8, 4) is 11.3 Å². The molecule has 2 N–H and O–H groups in total. The number of amides is 2. The van der Waals surface area contributed by atoms with E-state index in [0.717, 1.165) is 27.5 Å². The highest BCUT2D eigenvalue weighted by molar-refractivity contribution is 7.10. The van der Waals surface area contributed by atoms with Crippen molar-refractivity contribution in [2.75, 3.05) is 5.32 Å². The molecule has 0 fully saturated rings. The van der Waals surface area contributed by atoms with Gasteiger partial charge in [0.1, 0.15) is 5.01 Å². The van der Waals surface area contributed by atoms with Crippen LogP contribution in [-0.4, -0.2) is 16.8 Å². The Hall–Kier alpha value is -2.99. The SMILES string of the molecule is CC(=O)Nc1ccc(-c2csc(CC(=O)NCc3ccccc3)n2)cc1. The summed E-state index contributed by atoms with van der Waals surface area (Å²) in [5.41, 5.74) is 3.60. The Morgan fingerprint density at radius 1 is 1.04 bits per heavy atom. The molecule has 1 heterocycles. The summed E-state index contributed by atoms with van der Waals surface area (Å²) in [4.78, 5) is 27.7. The van der Waals surface area contributed by atoms with Crippen molar-refractivity contribution >= 4 is 28.8 Å². The third-order valence-corrected chi connectivity index (χ3v) is 4.55. The number of nitrogens with zero attached hydrogens (tertiary/aromatic N) is 1. The molecule has 0 aliphatic heterocycles. The van der Waals surface area contributed by atoms with E-state index >= 15 is 0 Å². The Balaban J connectivity index is 1.57. The number of nitrogens with one attached hydrogen (secondary N) is 2. The van der Waals surface area contributed by atoms with Crippen LogP contribution in [0.3, 0.4) is 0 Å². The number of benzene rings is 2. The molecule has 0 radical (unpaired) electrons. The first-order valence-electron chi connectivity index (χ1n) is 8.23. The molecule has 0 saturated carbocycles. The van der Waals surface area contributed by atoms with Gasteiger partial charge in [0.25, 0.3) is 0 Å². The van der Waals surface area contributed by atoms with Crippen molar-refractivity contribution < 1.29 is 9.59 Å². The van der Waals surface area contributed by atoms with Gasteiger partial charge in [-0.3, -0.25) is 9.59 Å². The summed E-state index contributed by atoms with van der Waals surface area (Å²) < 4.78 is 0. The van der Waals surface area contributed by atoms with Crippen molar-refractivity contribution in [1.82, 2.24) is 10.3 Å². The molecule has 6 heteroatoms. The minimum Gasteiger partial charge on any atom is -0.352 e. The lowest BCUT2D eigenvalue weighted by Crippen LogP contribution is -2.24. The molecule has 0 spiro atoms. The Labute approximate surface area is 156 Å². The second kappa shape index (κ2) is 8.40. The molecular formula is C20H19N3O2S. The summed E-state index contributed by atoms with van der Waals surface area (Å²) in [6.45, 7) is 1.99. The standard InChI is InChI=1S/C20H19N3O2S/c1-14(24)22-17-9-7-16(8-10-17)18-13-26-20(23-18)11-19(25)21-12-15-5-3-2-4-6-15/h2-10,13H,11-12H2,1H3,(H,21,25)(H,22,24). The van der Waals surface area contributed by atoms with E-state index in [2.05, 4.69) is 15.6 Å². The lowest BCUT2D eigenvalue weighted by atomic mass is 10.1. The molecule has 3 aromatic rings. The van der Waals surface area contributed by atoms with Crippen LogP contribution >= 0.6 is 11.3 Å². The summed E-state index contributed by atoms with van der Waals surface area (Å²) in [7, 11) is 0. The van der Waals surface area contributed by atoms with Crippen LogP contribution in [0.25, 0.3) is 11.3 Å². The van der Waals surface area contributed by atoms with E-state index in [0.29, 0.717) is 6.54 Å². The van der Waals surface area contributed by atoms with Gasteiger partial charge in [0.05, 0.1) is 12.1 Å². The molecule has 5 nitrogen and oxygen atoms in total. The van der Waals surface area contributed by atoms with Crippen molar-refractivity contribution in [2.24, 2.45) is 0 Å². The van der Waals surface area contributed by atoms with Crippen LogP contribution in [-0.2, 0) is 22.6 Å². The topological polar surface area (TPSA) is 71.1 Å². The lowest BCUT2D eigenvalue weighted by Gasteiger charge is -2.04. The van der Waals surface area contributed by atoms with E-state index in [4.69, 9.17) is 0 Å². The monoisotopic (exact) mass is 365 g/mol. The fourth-order valence-electron chi connectivity index (χ4n) is 2.45. The van der Waals surface area contributed by atoms with Crippen LogP contribution in [0.2, 0.25) is 0 Å². The van der Waals surface area contributed by atoms with Gasteiger partial charge in [-0.1, -0.05) is 42.5 Å². The third kappa shape index (κ3) is 5.00. The highest BCUT2D eigenvalue weighted by Crippen LogP contribution is 2.23. The summed E-state index contributed by atoms with van der Waals surface area (Å²) in [5, 5.41) is 8.35. The zero-order valence-corrected chi connectivity index (χ0v) is 15.2. The molecule has 0 aliphatic rings. The normalized spacial score (nSPS) is 10.3. The van der Waals surface area contributed by atoms with Crippen LogP contribution in [0.5, 0.6) is 0 Å². The highest BCUT2D eigenvalue weighted by atomic mass is 32.1. The second-order valence-electron chi connectivity index (χ2n) is 5.82. The largest absolute Gasteiger partial charge is 0.352 e. The first kappa shape index (κ1) is 17.8. The third-order valence-electron chi connectivity index (χ3n) is 3.70. The summed E-state index contributed by atoms with van der Waals surface area (Å²) in [5.74, 6) is -0.147. The van der Waals surface area contributed by atoms with Crippen LogP contribution in [0, 0.1) is 0 Å². The van der Waals surface area contributed by atoms with Gasteiger partial charge in [-0.15, -0.1) is 11.3 Å². The molecule has 0 atom stereocenters. The van der Waals surface area contributed by atoms with Crippen LogP contribution in [0.4, 0.5) is 5.69 Å². The number of rotatable bonds is 6. The molecule has 0 saturated heterocycles. The molecular weight excluding hydrogens is 346 g/mol. The number of aromatic nitrogens is 1. The van der Waals surface area contributed by atoms with E-state index in [1.807, 2.05) is 60.0 Å². The van der Waals surface area contributed by atoms with E-state index in [9.17, 15) is 9.59 Å². The minimum absolute atomic E-state index is 0.0456. The molecule has 2 amide bonds. The zero-order chi connectivity index (χ0) is 18.4. The molecule has 0 unspecified atom stereocenters. The molecule has 2 aromatic carbocycles. The van der Waals surface area contributed by atoms with E-state index in [1.54, 1.807) is 0 Å². The first-order valence-corrected chi connectivity index (χ1v) is 9.11. The maximum Gasteiger partial charge on any atom is 0.227 e. The summed E-state index contributed by atoms with van der Waals surface area (Å²) in [6, 6.07) is 17.3. The second-order valence-corrected chi connectivity index (χ2v) is 6.77. The molecule has 26 heavy (non-hydrogen) atoms. The van der Waals surface area contributed by atoms with Crippen molar-refractivity contribution in [2.45, 2.75) is 19.9 Å². The Morgan fingerprint density at radius 2 is 1.77 bits per heavy atom. The van der Waals surface area contributed by atoms with Gasteiger partial charge in [0.15, 0.2) is 0 Å². The van der Waals surface area contributed by atoms with Gasteiger partial charge in [-0.05, 0) is 17.7 Å². The van der Waals surface area contributed by atoms with E-state index in [1.165, 1.54) is 18.3 Å². The number of hydrogen-bond donors (Lipinski definition) is 2. The molecule has 3 rings (SSSR count). The predicted octanol–water partition coefficient (Wildman–Crippen LogP) is 3.63. The maximum absolute atomic E-state index is 12.1. The zero-order valence-electron chi connectivity index (χ0n) is 14.4. The molecule has 1 aromatic heterocycles. The van der Waals surface area contributed by atoms with Crippen molar-refractivity contribution in [1.29, 1.82) is 0 Å². The Morgan fingerprint density at radius 3 is 2.46 bits per heavy atom. The number of anilines is 1. The first-order chi connectivity index (χ1) is 12.6. The maximum atomic E-state index is 12.1. The minimum atomic E-state index is -0.102. The molecule has 0 bridgehead atoms. The van der Waals surface area contributed by atoms with Gasteiger partial charge in [-0.25, -0.2) is 4.98 Å².